The highest BCUT2D eigenvalue weighted by Gasteiger charge is 2.35. The number of hydrogen-bond donors (Lipinski definition) is 1. The van der Waals surface area contributed by atoms with Crippen LogP contribution in [0.4, 0.5) is 14.6 Å². The smallest absolute Gasteiger partial charge is 0.297 e. The van der Waals surface area contributed by atoms with E-state index in [1.807, 2.05) is 11.8 Å². The molecule has 1 aromatic carbocycles. The van der Waals surface area contributed by atoms with Crippen molar-refractivity contribution >= 4 is 28.3 Å². The molecule has 1 aliphatic rings. The van der Waals surface area contributed by atoms with E-state index in [1.165, 1.54) is 0 Å². The average Bonchev–Trinajstić information content (AvgIpc) is 2.89. The summed E-state index contributed by atoms with van der Waals surface area (Å²) < 4.78 is 26.1. The predicted molar refractivity (Wildman–Crippen MR) is 81.5 cm³/mol. The predicted octanol–water partition coefficient (Wildman–Crippen LogP) is 3.43. The number of anilines is 1. The van der Waals surface area contributed by atoms with E-state index in [4.69, 9.17) is 11.6 Å². The number of hydrogen-bond acceptors (Lipinski definition) is 4. The van der Waals surface area contributed by atoms with Gasteiger partial charge in [-0.3, -0.25) is 0 Å². The summed E-state index contributed by atoms with van der Waals surface area (Å²) in [4.78, 5) is 9.88. The fraction of sp³-hybridized carbons (Fsp3) is 0.467. The highest BCUT2D eigenvalue weighted by atomic mass is 35.5. The molecular formula is C15H16ClF2N3O. The van der Waals surface area contributed by atoms with Crippen LogP contribution in [0.3, 0.4) is 0 Å². The molecule has 1 N–H and O–H groups in total. The first kappa shape index (κ1) is 15.4. The third-order valence-corrected chi connectivity index (χ3v) is 4.32. The van der Waals surface area contributed by atoms with Gasteiger partial charge in [0.05, 0.1) is 12.1 Å². The minimum atomic E-state index is -2.73. The minimum Gasteiger partial charge on any atom is -0.396 e. The molecule has 2 aromatic rings. The maximum Gasteiger partial charge on any atom is 0.297 e. The lowest BCUT2D eigenvalue weighted by Crippen LogP contribution is -2.28. The summed E-state index contributed by atoms with van der Waals surface area (Å²) in [5.41, 5.74) is 0.197. The van der Waals surface area contributed by atoms with E-state index in [2.05, 4.69) is 9.97 Å². The quantitative estimate of drug-likeness (QED) is 0.938. The van der Waals surface area contributed by atoms with Crippen LogP contribution >= 0.6 is 11.6 Å². The number of halogens is 3. The Kier molecular flexibility index (Phi) is 3.91. The molecule has 1 saturated heterocycles. The molecule has 1 unspecified atom stereocenters. The van der Waals surface area contributed by atoms with Gasteiger partial charge in [0.1, 0.15) is 5.82 Å². The van der Waals surface area contributed by atoms with Crippen molar-refractivity contribution in [3.63, 3.8) is 0 Å². The van der Waals surface area contributed by atoms with E-state index < -0.39 is 12.2 Å². The summed E-state index contributed by atoms with van der Waals surface area (Å²) in [5.74, 6) is -0.0256. The molecule has 2 heterocycles. The SMILES string of the molecule is CC1(CO)CCN(c2nc(C(F)F)nc3ccc(Cl)cc23)C1. The number of alkyl halides is 2. The van der Waals surface area contributed by atoms with Crippen molar-refractivity contribution in [3.8, 4) is 0 Å². The highest BCUT2D eigenvalue weighted by Crippen LogP contribution is 2.36. The number of nitrogens with zero attached hydrogens (tertiary/aromatic N) is 3. The first-order valence-electron chi connectivity index (χ1n) is 7.03. The first-order valence-corrected chi connectivity index (χ1v) is 7.41. The van der Waals surface area contributed by atoms with E-state index in [9.17, 15) is 13.9 Å². The highest BCUT2D eigenvalue weighted by molar-refractivity contribution is 6.31. The van der Waals surface area contributed by atoms with Crippen molar-refractivity contribution in [3.05, 3.63) is 29.0 Å². The standard InChI is InChI=1S/C15H16ClF2N3O/c1-15(8-22)4-5-21(7-15)14-10-6-9(16)2-3-11(10)19-13(20-14)12(17)18/h2-3,6,12,22H,4-5,7-8H2,1H3. The molecule has 7 heteroatoms. The Bertz CT molecular complexity index is 712. The van der Waals surface area contributed by atoms with Crippen molar-refractivity contribution in [2.24, 2.45) is 5.41 Å². The topological polar surface area (TPSA) is 49.2 Å². The number of rotatable bonds is 3. The van der Waals surface area contributed by atoms with Gasteiger partial charge < -0.3 is 10.0 Å². The number of aliphatic hydroxyl groups excluding tert-OH is 1. The third kappa shape index (κ3) is 2.73. The lowest BCUT2D eigenvalue weighted by Gasteiger charge is -2.24. The molecule has 1 aliphatic heterocycles. The normalized spacial score (nSPS) is 22.0. The van der Waals surface area contributed by atoms with Crippen LogP contribution in [0.15, 0.2) is 18.2 Å². The lowest BCUT2D eigenvalue weighted by molar-refractivity contribution is 0.141. The molecule has 3 rings (SSSR count). The molecule has 4 nitrogen and oxygen atoms in total. The Morgan fingerprint density at radius 2 is 2.18 bits per heavy atom. The van der Waals surface area contributed by atoms with Crippen molar-refractivity contribution < 1.29 is 13.9 Å². The van der Waals surface area contributed by atoms with Gasteiger partial charge in [-0.25, -0.2) is 18.7 Å². The molecule has 0 radical (unpaired) electrons. The van der Waals surface area contributed by atoms with Gasteiger partial charge in [0.2, 0.25) is 0 Å². The van der Waals surface area contributed by atoms with Crippen LogP contribution in [0, 0.1) is 5.41 Å². The maximum atomic E-state index is 13.0. The van der Waals surface area contributed by atoms with E-state index in [-0.39, 0.29) is 12.0 Å². The first-order chi connectivity index (χ1) is 10.4. The molecule has 118 valence electrons. The van der Waals surface area contributed by atoms with Crippen LogP contribution in [0.2, 0.25) is 5.02 Å². The molecule has 0 aliphatic carbocycles. The van der Waals surface area contributed by atoms with Crippen LogP contribution in [0.25, 0.3) is 10.9 Å². The number of aliphatic hydroxyl groups is 1. The maximum absolute atomic E-state index is 13.0. The van der Waals surface area contributed by atoms with Crippen LogP contribution in [0.1, 0.15) is 25.6 Å². The zero-order valence-electron chi connectivity index (χ0n) is 12.1. The lowest BCUT2D eigenvalue weighted by atomic mass is 9.91. The second-order valence-corrected chi connectivity index (χ2v) is 6.44. The Morgan fingerprint density at radius 3 is 2.82 bits per heavy atom. The van der Waals surface area contributed by atoms with Crippen molar-refractivity contribution in [2.45, 2.75) is 19.8 Å². The Morgan fingerprint density at radius 1 is 1.41 bits per heavy atom. The number of aromatic nitrogens is 2. The monoisotopic (exact) mass is 327 g/mol. The summed E-state index contributed by atoms with van der Waals surface area (Å²) >= 11 is 6.02. The minimum absolute atomic E-state index is 0.0506. The molecule has 0 amide bonds. The van der Waals surface area contributed by atoms with Gasteiger partial charge in [-0.2, -0.15) is 0 Å². The van der Waals surface area contributed by atoms with Gasteiger partial charge in [-0.15, -0.1) is 0 Å². The summed E-state index contributed by atoms with van der Waals surface area (Å²) in [7, 11) is 0. The Labute approximate surface area is 131 Å². The largest absolute Gasteiger partial charge is 0.396 e. The van der Waals surface area contributed by atoms with Crippen LogP contribution < -0.4 is 4.90 Å². The van der Waals surface area contributed by atoms with Crippen molar-refractivity contribution in [1.82, 2.24) is 9.97 Å². The number of benzene rings is 1. The molecule has 0 saturated carbocycles. The van der Waals surface area contributed by atoms with Gasteiger partial charge in [-0.1, -0.05) is 18.5 Å². The molecular weight excluding hydrogens is 312 g/mol. The van der Waals surface area contributed by atoms with Gasteiger partial charge >= 0.3 is 0 Å². The summed E-state index contributed by atoms with van der Waals surface area (Å²) in [5, 5.41) is 10.6. The summed E-state index contributed by atoms with van der Waals surface area (Å²) in [6.07, 6.45) is -1.95. The van der Waals surface area contributed by atoms with Crippen molar-refractivity contribution in [1.29, 1.82) is 0 Å². The van der Waals surface area contributed by atoms with E-state index >= 15 is 0 Å². The zero-order valence-corrected chi connectivity index (χ0v) is 12.8. The molecule has 0 spiro atoms. The van der Waals surface area contributed by atoms with Gasteiger partial charge in [-0.05, 0) is 24.6 Å². The molecule has 0 bridgehead atoms. The molecule has 1 atom stereocenters. The van der Waals surface area contributed by atoms with Gasteiger partial charge in [0.25, 0.3) is 6.43 Å². The molecule has 22 heavy (non-hydrogen) atoms. The molecule has 1 aromatic heterocycles. The third-order valence-electron chi connectivity index (χ3n) is 4.09. The van der Waals surface area contributed by atoms with Crippen LogP contribution in [-0.4, -0.2) is 34.8 Å². The summed E-state index contributed by atoms with van der Waals surface area (Å²) in [6, 6.07) is 4.93. The van der Waals surface area contributed by atoms with E-state index in [0.29, 0.717) is 34.8 Å². The number of fused-ring (bicyclic) bond motifs is 1. The average molecular weight is 328 g/mol. The van der Waals surface area contributed by atoms with Crippen LogP contribution in [0.5, 0.6) is 0 Å². The van der Waals surface area contributed by atoms with E-state index in [0.717, 1.165) is 6.42 Å². The zero-order chi connectivity index (χ0) is 15.9. The Hall–Kier alpha value is -1.53. The second-order valence-electron chi connectivity index (χ2n) is 6.01. The van der Waals surface area contributed by atoms with Crippen molar-refractivity contribution in [2.75, 3.05) is 24.6 Å². The van der Waals surface area contributed by atoms with Crippen LogP contribution in [-0.2, 0) is 0 Å². The Balaban J connectivity index is 2.12. The fourth-order valence-corrected chi connectivity index (χ4v) is 2.95. The fourth-order valence-electron chi connectivity index (χ4n) is 2.77. The van der Waals surface area contributed by atoms with Gasteiger partial charge in [0.15, 0.2) is 5.82 Å². The van der Waals surface area contributed by atoms with E-state index in [1.54, 1.807) is 18.2 Å². The summed E-state index contributed by atoms with van der Waals surface area (Å²) in [6.45, 7) is 3.23. The second kappa shape index (κ2) is 5.59. The van der Waals surface area contributed by atoms with Gasteiger partial charge in [0, 0.05) is 28.9 Å². The molecule has 1 fully saturated rings.